The van der Waals surface area contributed by atoms with E-state index in [1.807, 2.05) is 4.90 Å². The Kier molecular flexibility index (Phi) is 6.35. The molecule has 4 rings (SSSR count). The Morgan fingerprint density at radius 1 is 1.24 bits per heavy atom. The predicted octanol–water partition coefficient (Wildman–Crippen LogP) is 2.22. The molecule has 2 radical (unpaired) electrons. The summed E-state index contributed by atoms with van der Waals surface area (Å²) in [5.74, 6) is -1.77. The Morgan fingerprint density at radius 3 is 2.61 bits per heavy atom. The molecule has 1 aliphatic heterocycles. The first-order valence-electron chi connectivity index (χ1n) is 9.96. The fourth-order valence-electron chi connectivity index (χ4n) is 4.26. The third kappa shape index (κ3) is 4.55. The van der Waals surface area contributed by atoms with E-state index >= 15 is 0 Å². The van der Waals surface area contributed by atoms with Crippen molar-refractivity contribution in [3.8, 4) is 22.8 Å². The molecule has 33 heavy (non-hydrogen) atoms. The molecule has 12 heteroatoms. The highest BCUT2D eigenvalue weighted by Crippen LogP contribution is 2.47. The van der Waals surface area contributed by atoms with Gasteiger partial charge in [-0.25, -0.2) is 4.57 Å². The van der Waals surface area contributed by atoms with Crippen molar-refractivity contribution in [2.45, 2.75) is 18.4 Å². The Balaban J connectivity index is 2.01. The normalized spacial score (nSPS) is 19.8. The summed E-state index contributed by atoms with van der Waals surface area (Å²) >= 11 is 6.27. The lowest BCUT2D eigenvalue weighted by Crippen LogP contribution is -2.41. The molecule has 0 saturated carbocycles. The number of rotatable bonds is 4. The van der Waals surface area contributed by atoms with Gasteiger partial charge in [-0.1, -0.05) is 23.7 Å². The fraction of sp³-hybridized carbons (Fsp3) is 0.286. The number of benzene rings is 2. The van der Waals surface area contributed by atoms with Crippen molar-refractivity contribution in [3.05, 3.63) is 51.1 Å². The molecule has 0 spiro atoms. The van der Waals surface area contributed by atoms with Gasteiger partial charge in [0.1, 0.15) is 36.1 Å². The summed E-state index contributed by atoms with van der Waals surface area (Å²) in [7, 11) is 2.93. The van der Waals surface area contributed by atoms with Gasteiger partial charge in [-0.15, -0.1) is 0 Å². The summed E-state index contributed by atoms with van der Waals surface area (Å²) in [4.78, 5) is 33.8. The molecule has 2 heterocycles. The number of phenols is 2. The number of phosphoric acid groups is 1. The molecule has 0 amide bonds. The quantitative estimate of drug-likeness (QED) is 0.319. The summed E-state index contributed by atoms with van der Waals surface area (Å²) < 4.78 is 22.6. The molecule has 4 N–H and O–H groups in total. The standard InChI is InChI=1S/C21H20BClNO8P/c1-24-7-6-11(15(9-24)32-33(28,29)30)16-13(25)8-14(26)17-19(27)18(22)20(31-21(16)17)10-4-2-3-5-12(10)23/h2-5,8,11,15,25-26H,6-7,9H2,1H3,(H2,28,29,30). The number of nitrogens with zero attached hydrogens (tertiary/aromatic N) is 1. The van der Waals surface area contributed by atoms with E-state index in [1.54, 1.807) is 31.3 Å². The summed E-state index contributed by atoms with van der Waals surface area (Å²) in [5.41, 5.74) is -0.759. The van der Waals surface area contributed by atoms with Gasteiger partial charge < -0.3 is 29.3 Å². The van der Waals surface area contributed by atoms with E-state index in [4.69, 9.17) is 28.4 Å². The van der Waals surface area contributed by atoms with Gasteiger partial charge in [0.05, 0.1) is 11.1 Å². The van der Waals surface area contributed by atoms with Gasteiger partial charge in [0.15, 0.2) is 5.43 Å². The molecule has 1 aromatic heterocycles. The largest absolute Gasteiger partial charge is 0.507 e. The maximum absolute atomic E-state index is 13.1. The Hall–Kier alpha value is -2.33. The van der Waals surface area contributed by atoms with Crippen LogP contribution in [0.1, 0.15) is 17.9 Å². The van der Waals surface area contributed by atoms with Crippen LogP contribution < -0.4 is 10.9 Å². The van der Waals surface area contributed by atoms with Gasteiger partial charge in [0.2, 0.25) is 0 Å². The van der Waals surface area contributed by atoms with Gasteiger partial charge in [-0.05, 0) is 37.6 Å². The van der Waals surface area contributed by atoms with Crippen LogP contribution in [0, 0.1) is 0 Å². The monoisotopic (exact) mass is 491 g/mol. The highest BCUT2D eigenvalue weighted by Gasteiger charge is 2.38. The maximum atomic E-state index is 13.1. The SMILES string of the molecule is [B]c1c(-c2ccccc2Cl)oc2c(C3CCN(C)CC3OP(=O)(O)O)c(O)cc(O)c2c1=O. The van der Waals surface area contributed by atoms with Crippen LogP contribution in [0.2, 0.25) is 5.02 Å². The molecule has 2 atom stereocenters. The number of piperidine rings is 1. The van der Waals surface area contributed by atoms with Crippen molar-refractivity contribution in [1.82, 2.24) is 4.90 Å². The summed E-state index contributed by atoms with van der Waals surface area (Å²) in [6.45, 7) is 0.665. The number of likely N-dealkylation sites (N-methyl/N-ethyl adjacent to an activating group) is 1. The lowest BCUT2D eigenvalue weighted by Gasteiger charge is -2.37. The highest BCUT2D eigenvalue weighted by atomic mass is 35.5. The lowest BCUT2D eigenvalue weighted by molar-refractivity contribution is 0.0544. The number of likely N-dealkylation sites (tertiary alicyclic amines) is 1. The van der Waals surface area contributed by atoms with Gasteiger partial charge in [0, 0.05) is 29.7 Å². The van der Waals surface area contributed by atoms with E-state index in [0.717, 1.165) is 6.07 Å². The molecule has 3 aromatic rings. The van der Waals surface area contributed by atoms with Crippen LogP contribution in [-0.4, -0.2) is 59.0 Å². The van der Waals surface area contributed by atoms with Crippen LogP contribution >= 0.6 is 19.4 Å². The Morgan fingerprint density at radius 2 is 1.94 bits per heavy atom. The highest BCUT2D eigenvalue weighted by molar-refractivity contribution is 7.46. The third-order valence-electron chi connectivity index (χ3n) is 5.72. The molecule has 0 bridgehead atoms. The molecule has 2 unspecified atom stereocenters. The molecule has 9 nitrogen and oxygen atoms in total. The molecule has 0 aliphatic carbocycles. The van der Waals surface area contributed by atoms with Gasteiger partial charge in [0.25, 0.3) is 0 Å². The summed E-state index contributed by atoms with van der Waals surface area (Å²) in [5, 5.41) is 21.2. The average molecular weight is 492 g/mol. The van der Waals surface area contributed by atoms with Crippen molar-refractivity contribution in [3.63, 3.8) is 0 Å². The molecule has 2 aromatic carbocycles. The Labute approximate surface area is 194 Å². The first-order valence-corrected chi connectivity index (χ1v) is 11.9. The number of aromatic hydroxyl groups is 2. The van der Waals surface area contributed by atoms with E-state index in [0.29, 0.717) is 18.5 Å². The van der Waals surface area contributed by atoms with Crippen LogP contribution in [0.4, 0.5) is 0 Å². The predicted molar refractivity (Wildman–Crippen MR) is 123 cm³/mol. The van der Waals surface area contributed by atoms with Crippen molar-refractivity contribution in [2.75, 3.05) is 20.1 Å². The zero-order valence-electron chi connectivity index (χ0n) is 17.4. The number of halogens is 1. The molecular formula is C21H20BClNO8P. The van der Waals surface area contributed by atoms with Gasteiger partial charge in [-0.3, -0.25) is 9.32 Å². The first-order chi connectivity index (χ1) is 15.5. The minimum Gasteiger partial charge on any atom is -0.507 e. The molecule has 1 saturated heterocycles. The van der Waals surface area contributed by atoms with Gasteiger partial charge >= 0.3 is 7.82 Å². The molecule has 1 aliphatic rings. The summed E-state index contributed by atoms with van der Waals surface area (Å²) in [6.07, 6.45) is -0.709. The van der Waals surface area contributed by atoms with Crippen molar-refractivity contribution in [1.29, 1.82) is 0 Å². The summed E-state index contributed by atoms with van der Waals surface area (Å²) in [6, 6.07) is 7.53. The van der Waals surface area contributed by atoms with Crippen LogP contribution in [0.15, 0.2) is 39.5 Å². The molecule has 1 fully saturated rings. The van der Waals surface area contributed by atoms with E-state index in [1.165, 1.54) is 0 Å². The second-order valence-corrected chi connectivity index (χ2v) is 9.58. The number of hydrogen-bond acceptors (Lipinski definition) is 7. The average Bonchev–Trinajstić information content (AvgIpc) is 2.71. The second-order valence-electron chi connectivity index (χ2n) is 7.98. The first kappa shape index (κ1) is 23.8. The van der Waals surface area contributed by atoms with Gasteiger partial charge in [-0.2, -0.15) is 0 Å². The number of phosphoric ester groups is 1. The van der Waals surface area contributed by atoms with Crippen LogP contribution in [-0.2, 0) is 9.09 Å². The zero-order chi connectivity index (χ0) is 24.1. The van der Waals surface area contributed by atoms with Crippen LogP contribution in [0.25, 0.3) is 22.3 Å². The number of phenolic OH excluding ortho intramolecular Hbond substituents is 2. The van der Waals surface area contributed by atoms with E-state index in [9.17, 15) is 29.4 Å². The van der Waals surface area contributed by atoms with Crippen molar-refractivity contribution < 1.29 is 33.5 Å². The Bertz CT molecular complexity index is 1340. The maximum Gasteiger partial charge on any atom is 0.469 e. The molecular weight excluding hydrogens is 471 g/mol. The van der Waals surface area contributed by atoms with E-state index < -0.39 is 36.8 Å². The zero-order valence-corrected chi connectivity index (χ0v) is 19.1. The minimum atomic E-state index is -4.87. The topological polar surface area (TPSA) is 141 Å². The lowest BCUT2D eigenvalue weighted by atomic mass is 9.84. The second kappa shape index (κ2) is 8.79. The van der Waals surface area contributed by atoms with Crippen molar-refractivity contribution in [2.24, 2.45) is 0 Å². The van der Waals surface area contributed by atoms with Crippen molar-refractivity contribution >= 4 is 43.7 Å². The number of fused-ring (bicyclic) bond motifs is 1. The minimum absolute atomic E-state index is 0.0512. The number of hydrogen-bond donors (Lipinski definition) is 4. The smallest absolute Gasteiger partial charge is 0.469 e. The molecule has 172 valence electrons. The van der Waals surface area contributed by atoms with Crippen LogP contribution in [0.5, 0.6) is 11.5 Å². The fourth-order valence-corrected chi connectivity index (χ4v) is 5.04. The van der Waals surface area contributed by atoms with E-state index in [2.05, 4.69) is 0 Å². The van der Waals surface area contributed by atoms with E-state index in [-0.39, 0.29) is 39.3 Å². The third-order valence-corrected chi connectivity index (χ3v) is 6.60. The van der Waals surface area contributed by atoms with Crippen LogP contribution in [0.3, 0.4) is 0 Å².